The van der Waals surface area contributed by atoms with Gasteiger partial charge in [-0.1, -0.05) is 35.8 Å². The first-order chi connectivity index (χ1) is 12.4. The highest BCUT2D eigenvalue weighted by Crippen LogP contribution is 2.28. The second kappa shape index (κ2) is 7.88. The zero-order valence-electron chi connectivity index (χ0n) is 14.9. The molecule has 1 aromatic carbocycles. The minimum Gasteiger partial charge on any atom is -0.368 e. The van der Waals surface area contributed by atoms with Crippen molar-refractivity contribution in [3.05, 3.63) is 34.3 Å². The van der Waals surface area contributed by atoms with E-state index < -0.39 is 12.1 Å². The summed E-state index contributed by atoms with van der Waals surface area (Å²) in [7, 11) is 0. The molecule has 2 heterocycles. The molecule has 7 heteroatoms. The van der Waals surface area contributed by atoms with Crippen molar-refractivity contribution in [3.63, 3.8) is 0 Å². The highest BCUT2D eigenvalue weighted by atomic mass is 79.9. The van der Waals surface area contributed by atoms with Gasteiger partial charge in [0.05, 0.1) is 6.10 Å². The van der Waals surface area contributed by atoms with Crippen LogP contribution in [0.1, 0.15) is 37.0 Å². The summed E-state index contributed by atoms with van der Waals surface area (Å²) in [4.78, 5) is 39.4. The molecular formula is C19H23BrN2O4. The van der Waals surface area contributed by atoms with Crippen molar-refractivity contribution < 1.29 is 19.1 Å². The molecule has 2 fully saturated rings. The third kappa shape index (κ3) is 3.99. The molecule has 2 aliphatic rings. The number of likely N-dealkylation sites (tertiary alicyclic amines) is 1. The minimum absolute atomic E-state index is 0.0533. The van der Waals surface area contributed by atoms with Gasteiger partial charge in [-0.3, -0.25) is 14.4 Å². The van der Waals surface area contributed by atoms with Crippen LogP contribution in [0.15, 0.2) is 28.7 Å². The van der Waals surface area contributed by atoms with Crippen LogP contribution in [-0.2, 0) is 14.3 Å². The van der Waals surface area contributed by atoms with Gasteiger partial charge in [-0.15, -0.1) is 0 Å². The fourth-order valence-electron chi connectivity index (χ4n) is 3.61. The summed E-state index contributed by atoms with van der Waals surface area (Å²) in [5.74, 6) is -0.327. The third-order valence-corrected chi connectivity index (χ3v) is 5.29. The number of fused-ring (bicyclic) bond motifs is 1. The third-order valence-electron chi connectivity index (χ3n) is 4.79. The van der Waals surface area contributed by atoms with Gasteiger partial charge >= 0.3 is 0 Å². The van der Waals surface area contributed by atoms with Crippen LogP contribution in [-0.4, -0.2) is 53.8 Å². The number of Topliss-reactive ketones (excluding diaryl/α,β-unsaturated/α-hetero) is 1. The Labute approximate surface area is 161 Å². The Bertz CT molecular complexity index is 721. The second-order valence-corrected chi connectivity index (χ2v) is 8.16. The Hall–Kier alpha value is -1.73. The maximum Gasteiger partial charge on any atom is 0.251 e. The lowest BCUT2D eigenvalue weighted by molar-refractivity contribution is -0.138. The molecule has 140 valence electrons. The minimum atomic E-state index is -0.659. The highest BCUT2D eigenvalue weighted by molar-refractivity contribution is 9.10. The monoisotopic (exact) mass is 422 g/mol. The molecule has 0 aromatic heterocycles. The van der Waals surface area contributed by atoms with Crippen molar-refractivity contribution in [1.29, 1.82) is 0 Å². The fraction of sp³-hybridized carbons (Fsp3) is 0.526. The second-order valence-electron chi connectivity index (χ2n) is 7.25. The number of rotatable bonds is 5. The largest absolute Gasteiger partial charge is 0.368 e. The van der Waals surface area contributed by atoms with E-state index in [4.69, 9.17) is 4.74 Å². The lowest BCUT2D eigenvalue weighted by Gasteiger charge is -2.28. The predicted molar refractivity (Wildman–Crippen MR) is 99.7 cm³/mol. The van der Waals surface area contributed by atoms with E-state index in [1.54, 1.807) is 23.1 Å². The first kappa shape index (κ1) is 19.0. The van der Waals surface area contributed by atoms with Gasteiger partial charge in [-0.2, -0.15) is 0 Å². The zero-order chi connectivity index (χ0) is 18.8. The number of nitrogens with one attached hydrogen (secondary N) is 1. The smallest absolute Gasteiger partial charge is 0.251 e. The van der Waals surface area contributed by atoms with Gasteiger partial charge in [-0.05, 0) is 37.0 Å². The molecular weight excluding hydrogens is 400 g/mol. The average Bonchev–Trinajstić information content (AvgIpc) is 3.16. The first-order valence-electron chi connectivity index (χ1n) is 8.88. The molecule has 3 atom stereocenters. The fourth-order valence-corrected chi connectivity index (χ4v) is 4.01. The van der Waals surface area contributed by atoms with E-state index in [1.807, 2.05) is 19.9 Å². The quantitative estimate of drug-likeness (QED) is 0.788. The maximum atomic E-state index is 13.1. The highest BCUT2D eigenvalue weighted by Gasteiger charge is 2.48. The number of carbonyl (C=O) groups is 3. The van der Waals surface area contributed by atoms with Crippen LogP contribution in [0.2, 0.25) is 0 Å². The Morgan fingerprint density at radius 2 is 2.15 bits per heavy atom. The van der Waals surface area contributed by atoms with Crippen LogP contribution in [0.5, 0.6) is 0 Å². The summed E-state index contributed by atoms with van der Waals surface area (Å²) in [6, 6.07) is 5.87. The molecule has 2 unspecified atom stereocenters. The lowest BCUT2D eigenvalue weighted by Crippen LogP contribution is -2.52. The van der Waals surface area contributed by atoms with E-state index >= 15 is 0 Å². The molecule has 2 saturated heterocycles. The summed E-state index contributed by atoms with van der Waals surface area (Å²) < 4.78 is 6.26. The van der Waals surface area contributed by atoms with Gasteiger partial charge in [0.15, 0.2) is 5.78 Å². The van der Waals surface area contributed by atoms with E-state index in [0.717, 1.165) is 4.47 Å². The molecule has 0 aliphatic carbocycles. The van der Waals surface area contributed by atoms with Crippen molar-refractivity contribution in [2.75, 3.05) is 13.2 Å². The van der Waals surface area contributed by atoms with E-state index in [0.29, 0.717) is 24.9 Å². The average molecular weight is 423 g/mol. The maximum absolute atomic E-state index is 13.1. The predicted octanol–water partition coefficient (Wildman–Crippen LogP) is 2.16. The van der Waals surface area contributed by atoms with E-state index in [2.05, 4.69) is 21.2 Å². The van der Waals surface area contributed by atoms with Crippen molar-refractivity contribution in [2.45, 2.75) is 44.9 Å². The number of hydrogen-bond acceptors (Lipinski definition) is 4. The number of ketones is 1. The SMILES string of the molecule is CC(C)C[C@H](NC(=O)c1cccc(Br)c1)C(=O)N1CCC2OCC(=O)C21. The normalized spacial score (nSPS) is 23.2. The number of ether oxygens (including phenoxy) is 1. The molecule has 2 amide bonds. The molecule has 0 saturated carbocycles. The summed E-state index contributed by atoms with van der Waals surface area (Å²) in [5.41, 5.74) is 0.487. The Morgan fingerprint density at radius 1 is 1.38 bits per heavy atom. The molecule has 1 N–H and O–H groups in total. The molecule has 0 spiro atoms. The van der Waals surface area contributed by atoms with Crippen molar-refractivity contribution in [3.8, 4) is 0 Å². The van der Waals surface area contributed by atoms with Gasteiger partial charge in [0.25, 0.3) is 5.91 Å². The standard InChI is InChI=1S/C19H23BrN2O4/c1-11(2)8-14(21-18(24)12-4-3-5-13(20)9-12)19(25)22-7-6-16-17(22)15(23)10-26-16/h3-5,9,11,14,16-17H,6-8,10H2,1-2H3,(H,21,24)/t14-,16?,17?/m0/s1. The Balaban J connectivity index is 1.76. The number of amides is 2. The molecule has 1 aromatic rings. The molecule has 6 nitrogen and oxygen atoms in total. The molecule has 0 radical (unpaired) electrons. The number of carbonyl (C=O) groups excluding carboxylic acids is 3. The molecule has 2 aliphatic heterocycles. The topological polar surface area (TPSA) is 75.7 Å². The molecule has 0 bridgehead atoms. The molecule has 26 heavy (non-hydrogen) atoms. The summed E-state index contributed by atoms with van der Waals surface area (Å²) in [6.07, 6.45) is 0.976. The van der Waals surface area contributed by atoms with Gasteiger partial charge < -0.3 is 15.0 Å². The Morgan fingerprint density at radius 3 is 2.85 bits per heavy atom. The van der Waals surface area contributed by atoms with Gasteiger partial charge in [0, 0.05) is 16.6 Å². The van der Waals surface area contributed by atoms with Crippen molar-refractivity contribution in [2.24, 2.45) is 5.92 Å². The number of halogens is 1. The van der Waals surface area contributed by atoms with Gasteiger partial charge in [0.1, 0.15) is 18.7 Å². The van der Waals surface area contributed by atoms with Crippen LogP contribution in [0.4, 0.5) is 0 Å². The number of benzene rings is 1. The van der Waals surface area contributed by atoms with Crippen LogP contribution < -0.4 is 5.32 Å². The van der Waals surface area contributed by atoms with Gasteiger partial charge in [0.2, 0.25) is 5.91 Å². The van der Waals surface area contributed by atoms with Crippen LogP contribution in [0.25, 0.3) is 0 Å². The van der Waals surface area contributed by atoms with Crippen LogP contribution in [0.3, 0.4) is 0 Å². The zero-order valence-corrected chi connectivity index (χ0v) is 16.5. The van der Waals surface area contributed by atoms with Crippen molar-refractivity contribution in [1.82, 2.24) is 10.2 Å². The summed E-state index contributed by atoms with van der Waals surface area (Å²) in [5, 5.41) is 2.86. The van der Waals surface area contributed by atoms with E-state index in [-0.39, 0.29) is 36.2 Å². The van der Waals surface area contributed by atoms with Crippen LogP contribution in [0, 0.1) is 5.92 Å². The van der Waals surface area contributed by atoms with E-state index in [1.165, 1.54) is 0 Å². The Kier molecular flexibility index (Phi) is 5.77. The first-order valence-corrected chi connectivity index (χ1v) is 9.67. The van der Waals surface area contributed by atoms with Crippen LogP contribution >= 0.6 is 15.9 Å². The lowest BCUT2D eigenvalue weighted by atomic mass is 10.0. The number of nitrogens with zero attached hydrogens (tertiary/aromatic N) is 1. The number of hydrogen-bond donors (Lipinski definition) is 1. The summed E-state index contributed by atoms with van der Waals surface area (Å²) in [6.45, 7) is 4.56. The van der Waals surface area contributed by atoms with Crippen molar-refractivity contribution >= 4 is 33.5 Å². The van der Waals surface area contributed by atoms with Gasteiger partial charge in [-0.25, -0.2) is 0 Å². The molecule has 3 rings (SSSR count). The summed E-state index contributed by atoms with van der Waals surface area (Å²) >= 11 is 3.35. The van der Waals surface area contributed by atoms with E-state index in [9.17, 15) is 14.4 Å².